The number of hydrogen-bond donors (Lipinski definition) is 2. The number of carbonyl (C=O) groups excluding carboxylic acids is 1. The van der Waals surface area contributed by atoms with Crippen molar-refractivity contribution >= 4 is 37.5 Å². The monoisotopic (exact) mass is 376 g/mol. The highest BCUT2D eigenvalue weighted by Gasteiger charge is 2.17. The minimum absolute atomic E-state index is 0.00137. The zero-order chi connectivity index (χ0) is 16.0. The predicted molar refractivity (Wildman–Crippen MR) is 87.5 cm³/mol. The lowest BCUT2D eigenvalue weighted by molar-refractivity contribution is -0.120. The maximum Gasteiger partial charge on any atom is 0.239 e. The molecule has 1 aromatic carbocycles. The summed E-state index contributed by atoms with van der Waals surface area (Å²) in [6.45, 7) is 4.08. The van der Waals surface area contributed by atoms with Crippen LogP contribution in [0.4, 0.5) is 5.69 Å². The Morgan fingerprint density at radius 2 is 2.05 bits per heavy atom. The summed E-state index contributed by atoms with van der Waals surface area (Å²) < 4.78 is 23.0. The maximum atomic E-state index is 12.2. The zero-order valence-electron chi connectivity index (χ0n) is 12.2. The number of primary sulfonamides is 1. The highest BCUT2D eigenvalue weighted by Crippen LogP contribution is 2.25. The third-order valence-corrected chi connectivity index (χ3v) is 5.16. The van der Waals surface area contributed by atoms with E-state index in [1.165, 1.54) is 12.1 Å². The van der Waals surface area contributed by atoms with Crippen molar-refractivity contribution in [3.05, 3.63) is 22.7 Å². The van der Waals surface area contributed by atoms with Crippen molar-refractivity contribution in [3.8, 4) is 0 Å². The van der Waals surface area contributed by atoms with Crippen LogP contribution in [0.5, 0.6) is 0 Å². The van der Waals surface area contributed by atoms with Gasteiger partial charge in [-0.3, -0.25) is 4.79 Å². The predicted octanol–water partition coefficient (Wildman–Crippen LogP) is 3.25. The van der Waals surface area contributed by atoms with Gasteiger partial charge in [0.15, 0.2) is 0 Å². The summed E-state index contributed by atoms with van der Waals surface area (Å²) in [5, 5.41) is 7.91. The van der Waals surface area contributed by atoms with Crippen molar-refractivity contribution < 1.29 is 13.2 Å². The van der Waals surface area contributed by atoms with Crippen molar-refractivity contribution in [2.75, 3.05) is 5.32 Å². The van der Waals surface area contributed by atoms with Crippen LogP contribution >= 0.6 is 15.9 Å². The Bertz CT molecular complexity index is 602. The number of halogens is 1. The fourth-order valence-electron chi connectivity index (χ4n) is 2.02. The Hall–Kier alpha value is -0.920. The van der Waals surface area contributed by atoms with Crippen LogP contribution in [0.25, 0.3) is 0 Å². The van der Waals surface area contributed by atoms with E-state index in [-0.39, 0.29) is 16.7 Å². The number of benzene rings is 1. The maximum absolute atomic E-state index is 12.2. The van der Waals surface area contributed by atoms with E-state index >= 15 is 0 Å². The van der Waals surface area contributed by atoms with Gasteiger partial charge in [-0.2, -0.15) is 0 Å². The normalized spacial score (nSPS) is 13.0. The van der Waals surface area contributed by atoms with E-state index in [4.69, 9.17) is 5.14 Å². The zero-order valence-corrected chi connectivity index (χ0v) is 14.6. The minimum Gasteiger partial charge on any atom is -0.326 e. The molecular formula is C14H21BrN2O3S. The topological polar surface area (TPSA) is 89.3 Å². The van der Waals surface area contributed by atoms with Crippen LogP contribution in [0.1, 0.15) is 39.5 Å². The second-order valence-corrected chi connectivity index (χ2v) is 7.31. The van der Waals surface area contributed by atoms with Gasteiger partial charge in [0.25, 0.3) is 0 Å². The Balaban J connectivity index is 2.84. The molecular weight excluding hydrogens is 356 g/mol. The van der Waals surface area contributed by atoms with E-state index in [0.717, 1.165) is 25.7 Å². The number of anilines is 1. The lowest BCUT2D eigenvalue weighted by Gasteiger charge is -2.15. The molecule has 0 aliphatic rings. The van der Waals surface area contributed by atoms with Crippen LogP contribution < -0.4 is 10.5 Å². The number of nitrogens with one attached hydrogen (secondary N) is 1. The molecule has 1 amide bonds. The highest BCUT2D eigenvalue weighted by molar-refractivity contribution is 9.10. The van der Waals surface area contributed by atoms with Gasteiger partial charge in [-0.1, -0.05) is 26.7 Å². The van der Waals surface area contributed by atoms with E-state index in [2.05, 4.69) is 28.2 Å². The van der Waals surface area contributed by atoms with E-state index in [1.54, 1.807) is 6.07 Å². The van der Waals surface area contributed by atoms with Crippen molar-refractivity contribution in [2.24, 2.45) is 11.1 Å². The summed E-state index contributed by atoms with van der Waals surface area (Å²) in [6, 6.07) is 4.46. The number of unbranched alkanes of at least 4 members (excludes halogenated alkanes) is 1. The molecule has 3 N–H and O–H groups in total. The van der Waals surface area contributed by atoms with E-state index in [0.29, 0.717) is 10.2 Å². The summed E-state index contributed by atoms with van der Waals surface area (Å²) >= 11 is 3.16. The Labute approximate surface area is 134 Å². The lowest BCUT2D eigenvalue weighted by Crippen LogP contribution is -2.22. The summed E-state index contributed by atoms with van der Waals surface area (Å²) in [6.07, 6.45) is 3.70. The fraction of sp³-hybridized carbons (Fsp3) is 0.500. The SMILES string of the molecule is CCCCC(CC)C(=O)Nc1ccc(S(N)(=O)=O)c(Br)c1. The Morgan fingerprint density at radius 1 is 1.38 bits per heavy atom. The second-order valence-electron chi connectivity index (χ2n) is 4.93. The van der Waals surface area contributed by atoms with Gasteiger partial charge in [-0.05, 0) is 47.0 Å². The molecule has 0 fully saturated rings. The van der Waals surface area contributed by atoms with Gasteiger partial charge >= 0.3 is 0 Å². The number of amides is 1. The first-order chi connectivity index (χ1) is 9.79. The minimum atomic E-state index is -3.77. The molecule has 1 atom stereocenters. The molecule has 0 saturated heterocycles. The molecule has 5 nitrogen and oxygen atoms in total. The third kappa shape index (κ3) is 5.41. The smallest absolute Gasteiger partial charge is 0.239 e. The molecule has 0 spiro atoms. The first kappa shape index (κ1) is 18.1. The molecule has 1 unspecified atom stereocenters. The summed E-state index contributed by atoms with van der Waals surface area (Å²) in [5.74, 6) is -0.0668. The van der Waals surface area contributed by atoms with Crippen molar-refractivity contribution in [3.63, 3.8) is 0 Å². The standard InChI is InChI=1S/C14H21BrN2O3S/c1-3-5-6-10(4-2)14(18)17-11-7-8-13(12(15)9-11)21(16,19)20/h7-10H,3-6H2,1-2H3,(H,17,18)(H2,16,19,20). The molecule has 118 valence electrons. The number of hydrogen-bond acceptors (Lipinski definition) is 3. The van der Waals surface area contributed by atoms with E-state index < -0.39 is 10.0 Å². The van der Waals surface area contributed by atoms with Gasteiger partial charge in [0.05, 0.1) is 4.90 Å². The van der Waals surface area contributed by atoms with E-state index in [1.807, 2.05) is 6.92 Å². The number of carbonyl (C=O) groups is 1. The van der Waals surface area contributed by atoms with Gasteiger partial charge in [0.2, 0.25) is 15.9 Å². The average molecular weight is 377 g/mol. The highest BCUT2D eigenvalue weighted by atomic mass is 79.9. The average Bonchev–Trinajstić information content (AvgIpc) is 2.38. The molecule has 0 saturated carbocycles. The summed E-state index contributed by atoms with van der Waals surface area (Å²) in [4.78, 5) is 12.2. The van der Waals surface area contributed by atoms with E-state index in [9.17, 15) is 13.2 Å². The second kappa shape index (κ2) is 7.91. The Kier molecular flexibility index (Phi) is 6.83. The molecule has 0 aliphatic heterocycles. The van der Waals surface area contributed by atoms with Gasteiger partial charge in [-0.15, -0.1) is 0 Å². The van der Waals surface area contributed by atoms with Crippen molar-refractivity contribution in [1.29, 1.82) is 0 Å². The summed E-state index contributed by atoms with van der Waals surface area (Å²) in [7, 11) is -3.77. The molecule has 0 heterocycles. The molecule has 0 aromatic heterocycles. The molecule has 1 rings (SSSR count). The molecule has 1 aromatic rings. The lowest BCUT2D eigenvalue weighted by atomic mass is 9.98. The van der Waals surface area contributed by atoms with Crippen LogP contribution in [0.2, 0.25) is 0 Å². The van der Waals surface area contributed by atoms with Crippen LogP contribution in [0.3, 0.4) is 0 Å². The van der Waals surface area contributed by atoms with Gasteiger partial charge < -0.3 is 5.32 Å². The quantitative estimate of drug-likeness (QED) is 0.764. The van der Waals surface area contributed by atoms with Crippen LogP contribution in [0.15, 0.2) is 27.6 Å². The van der Waals surface area contributed by atoms with Gasteiger partial charge in [0, 0.05) is 16.1 Å². The van der Waals surface area contributed by atoms with Crippen molar-refractivity contribution in [2.45, 2.75) is 44.4 Å². The largest absolute Gasteiger partial charge is 0.326 e. The first-order valence-electron chi connectivity index (χ1n) is 6.92. The van der Waals surface area contributed by atoms with Gasteiger partial charge in [0.1, 0.15) is 0 Å². The first-order valence-corrected chi connectivity index (χ1v) is 9.26. The molecule has 7 heteroatoms. The number of rotatable bonds is 7. The number of nitrogens with two attached hydrogens (primary N) is 1. The van der Waals surface area contributed by atoms with Gasteiger partial charge in [-0.25, -0.2) is 13.6 Å². The fourth-order valence-corrected chi connectivity index (χ4v) is 3.67. The Morgan fingerprint density at radius 3 is 2.52 bits per heavy atom. The third-order valence-electron chi connectivity index (χ3n) is 3.28. The molecule has 0 bridgehead atoms. The molecule has 0 radical (unpaired) electrons. The summed E-state index contributed by atoms with van der Waals surface area (Å²) in [5.41, 5.74) is 0.550. The molecule has 0 aliphatic carbocycles. The van der Waals surface area contributed by atoms with Crippen LogP contribution in [-0.4, -0.2) is 14.3 Å². The van der Waals surface area contributed by atoms with Crippen LogP contribution in [0, 0.1) is 5.92 Å². The number of sulfonamides is 1. The van der Waals surface area contributed by atoms with Crippen LogP contribution in [-0.2, 0) is 14.8 Å². The molecule has 21 heavy (non-hydrogen) atoms. The van der Waals surface area contributed by atoms with Crippen molar-refractivity contribution in [1.82, 2.24) is 0 Å².